The normalized spacial score (nSPS) is 17.2. The van der Waals surface area contributed by atoms with Gasteiger partial charge in [-0.15, -0.1) is 0 Å². The van der Waals surface area contributed by atoms with E-state index in [1.165, 1.54) is 24.3 Å². The second kappa shape index (κ2) is 3.49. The van der Waals surface area contributed by atoms with Crippen LogP contribution in [0, 0.1) is 0 Å². The van der Waals surface area contributed by atoms with Crippen LogP contribution in [0.1, 0.15) is 0 Å². The van der Waals surface area contributed by atoms with Crippen LogP contribution in [-0.2, 0) is 10.0 Å². The molecule has 0 saturated heterocycles. The van der Waals surface area contributed by atoms with Gasteiger partial charge in [-0.3, -0.25) is 0 Å². The zero-order chi connectivity index (χ0) is 10.8. The van der Waals surface area contributed by atoms with E-state index in [0.29, 0.717) is 0 Å². The first-order chi connectivity index (χ1) is 6.36. The molecule has 0 aromatic heterocycles. The Bertz CT molecular complexity index is 376. The van der Waals surface area contributed by atoms with Crippen LogP contribution in [0.4, 0.5) is 13.2 Å². The molecule has 0 atom stereocenters. The van der Waals surface area contributed by atoms with E-state index in [2.05, 4.69) is 0 Å². The third-order valence-corrected chi connectivity index (χ3v) is 2.75. The Morgan fingerprint density at radius 1 is 0.929 bits per heavy atom. The predicted octanol–water partition coefficient (Wildman–Crippen LogP) is 1.74. The SMILES string of the molecule is O=S(=O)(N1C=CC=CC=C1)C(F)(F)F. The maximum absolute atomic E-state index is 12.0. The fraction of sp³-hybridized carbons (Fsp3) is 0.143. The maximum Gasteiger partial charge on any atom is 0.517 e. The lowest BCUT2D eigenvalue weighted by Crippen LogP contribution is -2.34. The summed E-state index contributed by atoms with van der Waals surface area (Å²) in [6.45, 7) is 0. The van der Waals surface area contributed by atoms with E-state index in [1.54, 1.807) is 0 Å². The summed E-state index contributed by atoms with van der Waals surface area (Å²) in [7, 11) is -5.30. The van der Waals surface area contributed by atoms with Crippen molar-refractivity contribution in [1.82, 2.24) is 4.31 Å². The molecule has 1 rings (SSSR count). The summed E-state index contributed by atoms with van der Waals surface area (Å²) in [5, 5.41) is 0. The highest BCUT2D eigenvalue weighted by atomic mass is 32.2. The Morgan fingerprint density at radius 2 is 1.36 bits per heavy atom. The van der Waals surface area contributed by atoms with E-state index in [1.807, 2.05) is 0 Å². The number of halogens is 3. The van der Waals surface area contributed by atoms with E-state index in [0.717, 1.165) is 12.4 Å². The van der Waals surface area contributed by atoms with E-state index < -0.39 is 15.5 Å². The molecule has 0 bridgehead atoms. The van der Waals surface area contributed by atoms with Crippen molar-refractivity contribution in [3.8, 4) is 0 Å². The van der Waals surface area contributed by atoms with Gasteiger partial charge in [0.15, 0.2) is 0 Å². The zero-order valence-corrected chi connectivity index (χ0v) is 7.59. The van der Waals surface area contributed by atoms with Crippen LogP contribution >= 0.6 is 0 Å². The van der Waals surface area contributed by atoms with Crippen molar-refractivity contribution in [2.75, 3.05) is 0 Å². The lowest BCUT2D eigenvalue weighted by molar-refractivity contribution is -0.0468. The van der Waals surface area contributed by atoms with E-state index >= 15 is 0 Å². The monoisotopic (exact) mass is 225 g/mol. The first-order valence-corrected chi connectivity index (χ1v) is 4.91. The van der Waals surface area contributed by atoms with Crippen LogP contribution in [0.5, 0.6) is 0 Å². The third-order valence-electron chi connectivity index (χ3n) is 1.37. The van der Waals surface area contributed by atoms with E-state index in [9.17, 15) is 21.6 Å². The largest absolute Gasteiger partial charge is 0.517 e. The molecule has 1 aliphatic heterocycles. The van der Waals surface area contributed by atoms with Gasteiger partial charge in [0.2, 0.25) is 0 Å². The molecule has 7 heteroatoms. The summed E-state index contributed by atoms with van der Waals surface area (Å²) in [6, 6.07) is 0. The van der Waals surface area contributed by atoms with Gasteiger partial charge in [0.05, 0.1) is 0 Å². The average Bonchev–Trinajstić information content (AvgIpc) is 2.29. The minimum atomic E-state index is -5.30. The van der Waals surface area contributed by atoms with Crippen molar-refractivity contribution in [2.45, 2.75) is 5.51 Å². The molecular weight excluding hydrogens is 219 g/mol. The second-order valence-electron chi connectivity index (χ2n) is 2.35. The first kappa shape index (κ1) is 10.8. The van der Waals surface area contributed by atoms with Crippen LogP contribution < -0.4 is 0 Å². The number of alkyl halides is 3. The second-order valence-corrected chi connectivity index (χ2v) is 4.18. The van der Waals surface area contributed by atoms with Crippen LogP contribution in [-0.4, -0.2) is 18.2 Å². The molecule has 14 heavy (non-hydrogen) atoms. The molecule has 0 spiro atoms. The fourth-order valence-corrected chi connectivity index (χ4v) is 1.43. The van der Waals surface area contributed by atoms with Crippen molar-refractivity contribution in [3.05, 3.63) is 36.7 Å². The first-order valence-electron chi connectivity index (χ1n) is 3.47. The Labute approximate surface area is 78.9 Å². The molecule has 0 unspecified atom stereocenters. The van der Waals surface area contributed by atoms with Gasteiger partial charge >= 0.3 is 15.5 Å². The number of hydrogen-bond acceptors (Lipinski definition) is 2. The standard InChI is InChI=1S/C7H6F3NO2S/c8-7(9,10)14(12,13)11-5-3-1-2-4-6-11/h1-6H. The number of hydrogen-bond donors (Lipinski definition) is 0. The summed E-state index contributed by atoms with van der Waals surface area (Å²) < 4.78 is 57.9. The van der Waals surface area contributed by atoms with Crippen molar-refractivity contribution < 1.29 is 21.6 Å². The summed E-state index contributed by atoms with van der Waals surface area (Å²) >= 11 is 0. The molecule has 0 fully saturated rings. The molecule has 0 amide bonds. The minimum absolute atomic E-state index is 0.118. The molecule has 1 aliphatic rings. The van der Waals surface area contributed by atoms with Gasteiger partial charge in [-0.2, -0.15) is 21.6 Å². The van der Waals surface area contributed by atoms with Crippen LogP contribution in [0.2, 0.25) is 0 Å². The Balaban J connectivity index is 3.07. The smallest absolute Gasteiger partial charge is 0.245 e. The molecule has 0 aromatic carbocycles. The van der Waals surface area contributed by atoms with Gasteiger partial charge in [-0.1, -0.05) is 12.2 Å². The molecule has 0 saturated carbocycles. The molecule has 3 nitrogen and oxygen atoms in total. The molecule has 0 radical (unpaired) electrons. The van der Waals surface area contributed by atoms with Gasteiger partial charge in [0.1, 0.15) is 0 Å². The Morgan fingerprint density at radius 3 is 1.71 bits per heavy atom. The molecule has 0 aromatic rings. The molecular formula is C7H6F3NO2S. The summed E-state index contributed by atoms with van der Waals surface area (Å²) in [4.78, 5) is 0. The molecule has 0 aliphatic carbocycles. The van der Waals surface area contributed by atoms with Gasteiger partial charge in [0.25, 0.3) is 0 Å². The van der Waals surface area contributed by atoms with Crippen LogP contribution in [0.15, 0.2) is 36.7 Å². The van der Waals surface area contributed by atoms with Gasteiger partial charge in [-0.05, 0) is 12.2 Å². The molecule has 78 valence electrons. The zero-order valence-electron chi connectivity index (χ0n) is 6.77. The summed E-state index contributed by atoms with van der Waals surface area (Å²) in [5.74, 6) is 0. The molecule has 0 N–H and O–H groups in total. The van der Waals surface area contributed by atoms with Crippen LogP contribution in [0.25, 0.3) is 0 Å². The maximum atomic E-state index is 12.0. The van der Waals surface area contributed by atoms with Crippen molar-refractivity contribution in [1.29, 1.82) is 0 Å². The van der Waals surface area contributed by atoms with Crippen LogP contribution in [0.3, 0.4) is 0 Å². The number of rotatable bonds is 1. The van der Waals surface area contributed by atoms with Crippen molar-refractivity contribution in [2.24, 2.45) is 0 Å². The van der Waals surface area contributed by atoms with Gasteiger partial charge in [0, 0.05) is 12.4 Å². The van der Waals surface area contributed by atoms with E-state index in [-0.39, 0.29) is 4.31 Å². The number of sulfonamides is 1. The lowest BCUT2D eigenvalue weighted by Gasteiger charge is -2.16. The highest BCUT2D eigenvalue weighted by molar-refractivity contribution is 7.90. The van der Waals surface area contributed by atoms with Crippen molar-refractivity contribution >= 4 is 10.0 Å². The minimum Gasteiger partial charge on any atom is -0.245 e. The third kappa shape index (κ3) is 1.98. The summed E-state index contributed by atoms with van der Waals surface area (Å²) in [5.41, 5.74) is -5.29. The highest BCUT2D eigenvalue weighted by Gasteiger charge is 2.48. The number of nitrogens with zero attached hydrogens (tertiary/aromatic N) is 1. The van der Waals surface area contributed by atoms with E-state index in [4.69, 9.17) is 0 Å². The van der Waals surface area contributed by atoms with Gasteiger partial charge < -0.3 is 0 Å². The number of allylic oxidation sites excluding steroid dienone is 4. The topological polar surface area (TPSA) is 37.4 Å². The lowest BCUT2D eigenvalue weighted by atomic mass is 10.5. The molecule has 1 heterocycles. The average molecular weight is 225 g/mol. The highest BCUT2D eigenvalue weighted by Crippen LogP contribution is 2.27. The predicted molar refractivity (Wildman–Crippen MR) is 44.2 cm³/mol. The quantitative estimate of drug-likeness (QED) is 0.681. The Hall–Kier alpha value is -1.24. The van der Waals surface area contributed by atoms with Gasteiger partial charge in [-0.25, -0.2) is 4.31 Å². The fourth-order valence-electron chi connectivity index (χ4n) is 0.727. The summed E-state index contributed by atoms with van der Waals surface area (Å²) in [6.07, 6.45) is 6.88. The Kier molecular flexibility index (Phi) is 2.70. The van der Waals surface area contributed by atoms with Crippen molar-refractivity contribution in [3.63, 3.8) is 0 Å².